The first kappa shape index (κ1) is 14.0. The molecule has 110 valence electrons. The number of hydrogen-bond acceptors (Lipinski definition) is 4. The third kappa shape index (κ3) is 2.30. The maximum atomic E-state index is 13.3. The topological polar surface area (TPSA) is 74.7 Å². The van der Waals surface area contributed by atoms with Crippen LogP contribution in [0.25, 0.3) is 0 Å². The molecule has 2 heterocycles. The largest absolute Gasteiger partial charge is 0.477 e. The molecule has 2 aromatic rings. The number of halogens is 1. The van der Waals surface area contributed by atoms with Crippen LogP contribution < -0.4 is 4.31 Å². The monoisotopic (exact) mass is 327 g/mol. The second-order valence-corrected chi connectivity index (χ2v) is 7.70. The highest BCUT2D eigenvalue weighted by atomic mass is 32.2. The molecule has 8 heteroatoms. The maximum Gasteiger partial charge on any atom is 0.345 e. The number of nitrogens with zero attached hydrogens (tertiary/aromatic N) is 1. The molecular weight excluding hydrogens is 317 g/mol. The minimum absolute atomic E-state index is 0.0489. The number of rotatable bonds is 3. The number of anilines is 1. The molecule has 1 aromatic heterocycles. The zero-order chi connectivity index (χ0) is 15.2. The number of carboxylic acids is 1. The Morgan fingerprint density at radius 2 is 2.05 bits per heavy atom. The third-order valence-corrected chi connectivity index (χ3v) is 6.59. The summed E-state index contributed by atoms with van der Waals surface area (Å²) in [5.41, 5.74) is 1.08. The van der Waals surface area contributed by atoms with Crippen molar-refractivity contribution in [1.82, 2.24) is 0 Å². The molecule has 0 fully saturated rings. The summed E-state index contributed by atoms with van der Waals surface area (Å²) in [6.45, 7) is 0.224. The fourth-order valence-electron chi connectivity index (χ4n) is 2.26. The van der Waals surface area contributed by atoms with Crippen molar-refractivity contribution in [2.75, 3.05) is 10.8 Å². The van der Waals surface area contributed by atoms with Gasteiger partial charge in [-0.3, -0.25) is 4.31 Å². The average molecular weight is 327 g/mol. The molecule has 1 aromatic carbocycles. The van der Waals surface area contributed by atoms with Gasteiger partial charge in [-0.1, -0.05) is 6.07 Å². The first-order valence-electron chi connectivity index (χ1n) is 6.04. The molecule has 0 unspecified atom stereocenters. The number of sulfonamides is 1. The molecule has 0 bridgehead atoms. The Kier molecular flexibility index (Phi) is 3.22. The minimum Gasteiger partial charge on any atom is -0.477 e. The predicted octanol–water partition coefficient (Wildman–Crippen LogP) is 2.34. The number of fused-ring (bicyclic) bond motifs is 1. The number of carbonyl (C=O) groups is 1. The molecule has 1 aliphatic heterocycles. The second kappa shape index (κ2) is 4.81. The van der Waals surface area contributed by atoms with Crippen LogP contribution in [0.5, 0.6) is 0 Å². The SMILES string of the molecule is O=C(O)c1ccc(S(=O)(=O)N2CCc3ccc(F)cc32)s1. The molecule has 0 amide bonds. The molecule has 0 aliphatic carbocycles. The Bertz CT molecular complexity index is 828. The standard InChI is InChI=1S/C13H10FNO4S2/c14-9-2-1-8-5-6-15(10(8)7-9)21(18,19)12-4-3-11(20-12)13(16)17/h1-4,7H,5-6H2,(H,16,17). The lowest BCUT2D eigenvalue weighted by atomic mass is 10.2. The summed E-state index contributed by atoms with van der Waals surface area (Å²) in [5.74, 6) is -1.68. The lowest BCUT2D eigenvalue weighted by Gasteiger charge is -2.18. The molecule has 0 saturated carbocycles. The van der Waals surface area contributed by atoms with Crippen LogP contribution in [0.15, 0.2) is 34.5 Å². The molecule has 0 atom stereocenters. The summed E-state index contributed by atoms with van der Waals surface area (Å²) in [6.07, 6.45) is 0.506. The Morgan fingerprint density at radius 1 is 1.29 bits per heavy atom. The Hall–Kier alpha value is -1.93. The summed E-state index contributed by atoms with van der Waals surface area (Å²) in [6, 6.07) is 6.56. The zero-order valence-electron chi connectivity index (χ0n) is 10.6. The van der Waals surface area contributed by atoms with Crippen molar-refractivity contribution in [2.45, 2.75) is 10.6 Å². The van der Waals surface area contributed by atoms with Gasteiger partial charge in [0.2, 0.25) is 0 Å². The van der Waals surface area contributed by atoms with Gasteiger partial charge in [-0.15, -0.1) is 11.3 Å². The molecule has 0 saturated heterocycles. The van der Waals surface area contributed by atoms with E-state index >= 15 is 0 Å². The van der Waals surface area contributed by atoms with Crippen LogP contribution in [0.4, 0.5) is 10.1 Å². The van der Waals surface area contributed by atoms with Gasteiger partial charge in [-0.2, -0.15) is 0 Å². The summed E-state index contributed by atoms with van der Waals surface area (Å²) in [5, 5.41) is 8.88. The third-order valence-electron chi connectivity index (χ3n) is 3.24. The van der Waals surface area contributed by atoms with Gasteiger partial charge in [-0.25, -0.2) is 17.6 Å². The Balaban J connectivity index is 2.04. The van der Waals surface area contributed by atoms with Gasteiger partial charge in [0.1, 0.15) is 14.9 Å². The van der Waals surface area contributed by atoms with E-state index in [0.29, 0.717) is 23.4 Å². The van der Waals surface area contributed by atoms with Crippen molar-refractivity contribution in [3.8, 4) is 0 Å². The van der Waals surface area contributed by atoms with Crippen LogP contribution >= 0.6 is 11.3 Å². The van der Waals surface area contributed by atoms with Gasteiger partial charge in [0.25, 0.3) is 10.0 Å². The number of carboxylic acid groups (broad SMARTS) is 1. The molecule has 5 nitrogen and oxygen atoms in total. The average Bonchev–Trinajstić information content (AvgIpc) is 3.05. The van der Waals surface area contributed by atoms with Crippen molar-refractivity contribution in [1.29, 1.82) is 0 Å². The fourth-order valence-corrected chi connectivity index (χ4v) is 5.01. The van der Waals surface area contributed by atoms with E-state index in [1.165, 1.54) is 24.3 Å². The Labute approximate surface area is 124 Å². The Morgan fingerprint density at radius 3 is 2.71 bits per heavy atom. The fraction of sp³-hybridized carbons (Fsp3) is 0.154. The van der Waals surface area contributed by atoms with Crippen LogP contribution in [0.1, 0.15) is 15.2 Å². The lowest BCUT2D eigenvalue weighted by molar-refractivity contribution is 0.0702. The van der Waals surface area contributed by atoms with E-state index in [1.54, 1.807) is 6.07 Å². The van der Waals surface area contributed by atoms with Gasteiger partial charge < -0.3 is 5.11 Å². The van der Waals surface area contributed by atoms with E-state index in [1.807, 2.05) is 0 Å². The van der Waals surface area contributed by atoms with Crippen LogP contribution in [0, 0.1) is 5.82 Å². The van der Waals surface area contributed by atoms with E-state index in [4.69, 9.17) is 5.11 Å². The first-order chi connectivity index (χ1) is 9.89. The molecule has 0 spiro atoms. The van der Waals surface area contributed by atoms with Crippen molar-refractivity contribution in [2.24, 2.45) is 0 Å². The molecular formula is C13H10FNO4S2. The van der Waals surface area contributed by atoms with Gasteiger partial charge in [0, 0.05) is 6.54 Å². The van der Waals surface area contributed by atoms with Gasteiger partial charge in [-0.05, 0) is 36.2 Å². The quantitative estimate of drug-likeness (QED) is 0.939. The van der Waals surface area contributed by atoms with Crippen molar-refractivity contribution in [3.63, 3.8) is 0 Å². The molecule has 0 radical (unpaired) electrons. The van der Waals surface area contributed by atoms with Crippen LogP contribution in [-0.4, -0.2) is 26.0 Å². The smallest absolute Gasteiger partial charge is 0.345 e. The van der Waals surface area contributed by atoms with E-state index in [2.05, 4.69) is 0 Å². The normalized spacial score (nSPS) is 14.2. The summed E-state index contributed by atoms with van der Waals surface area (Å²) < 4.78 is 39.5. The van der Waals surface area contributed by atoms with Crippen LogP contribution in [0.2, 0.25) is 0 Å². The van der Waals surface area contributed by atoms with Gasteiger partial charge in [0.15, 0.2) is 0 Å². The summed E-state index contributed by atoms with van der Waals surface area (Å²) in [4.78, 5) is 10.8. The van der Waals surface area contributed by atoms with E-state index < -0.39 is 21.8 Å². The zero-order valence-corrected chi connectivity index (χ0v) is 12.2. The molecule has 3 rings (SSSR count). The van der Waals surface area contributed by atoms with Crippen molar-refractivity contribution >= 4 is 33.0 Å². The highest BCUT2D eigenvalue weighted by molar-refractivity contribution is 7.94. The minimum atomic E-state index is -3.86. The first-order valence-corrected chi connectivity index (χ1v) is 8.29. The highest BCUT2D eigenvalue weighted by Crippen LogP contribution is 2.35. The molecule has 21 heavy (non-hydrogen) atoms. The van der Waals surface area contributed by atoms with Gasteiger partial charge >= 0.3 is 5.97 Å². The molecule has 1 aliphatic rings. The summed E-state index contributed by atoms with van der Waals surface area (Å²) >= 11 is 0.691. The van der Waals surface area contributed by atoms with E-state index in [-0.39, 0.29) is 15.6 Å². The number of aromatic carboxylic acids is 1. The number of benzene rings is 1. The highest BCUT2D eigenvalue weighted by Gasteiger charge is 2.32. The second-order valence-electron chi connectivity index (χ2n) is 4.52. The van der Waals surface area contributed by atoms with Gasteiger partial charge in [0.05, 0.1) is 5.69 Å². The van der Waals surface area contributed by atoms with Crippen LogP contribution in [0.3, 0.4) is 0 Å². The lowest BCUT2D eigenvalue weighted by Crippen LogP contribution is -2.28. The maximum absolute atomic E-state index is 13.3. The van der Waals surface area contributed by atoms with E-state index in [9.17, 15) is 17.6 Å². The number of thiophene rings is 1. The van der Waals surface area contributed by atoms with Crippen LogP contribution in [-0.2, 0) is 16.4 Å². The van der Waals surface area contributed by atoms with E-state index in [0.717, 1.165) is 9.87 Å². The van der Waals surface area contributed by atoms with Crippen molar-refractivity contribution < 1.29 is 22.7 Å². The predicted molar refractivity (Wildman–Crippen MR) is 75.9 cm³/mol. The van der Waals surface area contributed by atoms with Crippen molar-refractivity contribution in [3.05, 3.63) is 46.6 Å². The number of hydrogen-bond donors (Lipinski definition) is 1. The molecule has 1 N–H and O–H groups in total. The summed E-state index contributed by atoms with van der Waals surface area (Å²) in [7, 11) is -3.86.